The topological polar surface area (TPSA) is 56.7 Å². The first-order chi connectivity index (χ1) is 29.5. The summed E-state index contributed by atoms with van der Waals surface area (Å²) in [5.41, 5.74) is 13.1. The fourth-order valence-corrected chi connectivity index (χ4v) is 11.0. The zero-order chi connectivity index (χ0) is 39.7. The smallest absolute Gasteiger partial charge is 0.165 e. The lowest BCUT2D eigenvalue weighted by atomic mass is 9.82. The van der Waals surface area contributed by atoms with Crippen molar-refractivity contribution in [2.45, 2.75) is 19.3 Å². The van der Waals surface area contributed by atoms with E-state index in [0.29, 0.717) is 17.5 Å². The van der Waals surface area contributed by atoms with Crippen molar-refractivity contribution in [2.75, 3.05) is 0 Å². The highest BCUT2D eigenvalue weighted by atomic mass is 32.1. The van der Waals surface area contributed by atoms with Crippen molar-refractivity contribution < 1.29 is 4.42 Å². The molecule has 12 aromatic rings. The summed E-state index contributed by atoms with van der Waals surface area (Å²) in [5.74, 6) is 1.89. The summed E-state index contributed by atoms with van der Waals surface area (Å²) >= 11 is 1.76. The Labute approximate surface area is 348 Å². The van der Waals surface area contributed by atoms with Crippen LogP contribution in [-0.2, 0) is 5.41 Å². The van der Waals surface area contributed by atoms with Crippen LogP contribution in [0.2, 0.25) is 0 Å². The van der Waals surface area contributed by atoms with Crippen LogP contribution < -0.4 is 0 Å². The summed E-state index contributed by atoms with van der Waals surface area (Å²) in [4.78, 5) is 15.7. The van der Waals surface area contributed by atoms with Crippen LogP contribution in [0, 0.1) is 0 Å². The fourth-order valence-electron chi connectivity index (χ4n) is 9.80. The van der Waals surface area contributed by atoms with Gasteiger partial charge in [0.15, 0.2) is 17.5 Å². The maximum Gasteiger partial charge on any atom is 0.165 e. The summed E-state index contributed by atoms with van der Waals surface area (Å²) in [7, 11) is 0. The maximum atomic E-state index is 6.77. The Bertz CT molecular complexity index is 3690. The van der Waals surface area contributed by atoms with Crippen molar-refractivity contribution >= 4 is 75.3 Å². The number of fused-ring (bicyclic) bond motifs is 13. The van der Waals surface area contributed by atoms with Gasteiger partial charge in [-0.15, -0.1) is 11.3 Å². The predicted molar refractivity (Wildman–Crippen MR) is 248 cm³/mol. The van der Waals surface area contributed by atoms with Crippen molar-refractivity contribution in [3.05, 3.63) is 181 Å². The lowest BCUT2D eigenvalue weighted by Crippen LogP contribution is -2.15. The summed E-state index contributed by atoms with van der Waals surface area (Å²) in [5, 5.41) is 6.87. The van der Waals surface area contributed by atoms with E-state index in [0.717, 1.165) is 70.0 Å². The van der Waals surface area contributed by atoms with Crippen LogP contribution in [0.15, 0.2) is 174 Å². The predicted octanol–water partition coefficient (Wildman–Crippen LogP) is 14.5. The number of furan rings is 1. The van der Waals surface area contributed by atoms with Crippen molar-refractivity contribution in [1.29, 1.82) is 0 Å². The molecule has 6 heteroatoms. The van der Waals surface area contributed by atoms with Gasteiger partial charge in [0.05, 0.1) is 11.0 Å². The Morgan fingerprint density at radius 3 is 1.93 bits per heavy atom. The van der Waals surface area contributed by atoms with Gasteiger partial charge in [0, 0.05) is 69.5 Å². The monoisotopic (exact) mass is 786 g/mol. The van der Waals surface area contributed by atoms with Crippen molar-refractivity contribution in [1.82, 2.24) is 19.5 Å². The number of benzene rings is 8. The number of para-hydroxylation sites is 2. The van der Waals surface area contributed by atoms with Gasteiger partial charge in [-0.05, 0) is 70.8 Å². The highest BCUT2D eigenvalue weighted by Crippen LogP contribution is 2.52. The lowest BCUT2D eigenvalue weighted by molar-refractivity contribution is 0.661. The van der Waals surface area contributed by atoms with Gasteiger partial charge < -0.3 is 8.98 Å². The molecule has 0 amide bonds. The summed E-state index contributed by atoms with van der Waals surface area (Å²) in [6, 6.07) is 60.4. The van der Waals surface area contributed by atoms with E-state index in [-0.39, 0.29) is 5.41 Å². The minimum atomic E-state index is -0.153. The SMILES string of the molecule is CC1(C)c2ccccc2-c2cc3c4ccccc4n(-c4cc(-c5nc(-c6ccccc6)nc(-c6ccccc6)n5)c5sc6ccc7c8ccccc8oc7c6c5c4)c3cc21. The molecule has 0 radical (unpaired) electrons. The van der Waals surface area contributed by atoms with E-state index in [1.807, 2.05) is 42.5 Å². The van der Waals surface area contributed by atoms with E-state index >= 15 is 0 Å². The molecule has 1 aliphatic rings. The molecule has 5 nitrogen and oxygen atoms in total. The summed E-state index contributed by atoms with van der Waals surface area (Å²) < 4.78 is 11.5. The molecule has 0 saturated carbocycles. The molecule has 4 aromatic heterocycles. The molecule has 4 heterocycles. The maximum absolute atomic E-state index is 6.77. The van der Waals surface area contributed by atoms with Crippen LogP contribution in [-0.4, -0.2) is 19.5 Å². The third kappa shape index (κ3) is 4.71. The largest absolute Gasteiger partial charge is 0.455 e. The minimum Gasteiger partial charge on any atom is -0.455 e. The Kier molecular flexibility index (Phi) is 6.88. The molecule has 60 heavy (non-hydrogen) atoms. The zero-order valence-electron chi connectivity index (χ0n) is 32.8. The molecule has 0 fully saturated rings. The quantitative estimate of drug-likeness (QED) is 0.178. The van der Waals surface area contributed by atoms with E-state index in [1.165, 1.54) is 38.5 Å². The van der Waals surface area contributed by atoms with Gasteiger partial charge in [-0.1, -0.05) is 135 Å². The second-order valence-electron chi connectivity index (χ2n) is 16.4. The molecular weight excluding hydrogens is 753 g/mol. The fraction of sp³-hybridized carbons (Fsp3) is 0.0556. The number of hydrogen-bond acceptors (Lipinski definition) is 5. The first-order valence-corrected chi connectivity index (χ1v) is 21.2. The van der Waals surface area contributed by atoms with E-state index in [9.17, 15) is 0 Å². The molecule has 0 bridgehead atoms. The van der Waals surface area contributed by atoms with Crippen molar-refractivity contribution in [3.8, 4) is 51.0 Å². The molecule has 0 N–H and O–H groups in total. The number of hydrogen-bond donors (Lipinski definition) is 0. The lowest BCUT2D eigenvalue weighted by Gasteiger charge is -2.21. The molecule has 0 unspecified atom stereocenters. The van der Waals surface area contributed by atoms with Gasteiger partial charge in [-0.2, -0.15) is 0 Å². The molecule has 0 spiro atoms. The number of thiophene rings is 1. The Balaban J connectivity index is 1.17. The normalized spacial score (nSPS) is 13.3. The zero-order valence-corrected chi connectivity index (χ0v) is 33.6. The van der Waals surface area contributed by atoms with Gasteiger partial charge in [-0.25, -0.2) is 15.0 Å². The highest BCUT2D eigenvalue weighted by Gasteiger charge is 2.36. The standard InChI is InChI=1S/C54H34N4OS/c1-54(2)42-22-12-9-19-34(42)38-29-39-35-20-10-13-23-44(35)58(45(39)30-43(38)54)33-27-40-48-47(26-25-37-36-21-11-14-24-46(36)59-49(37)48)60-50(40)41(28-33)53-56-51(31-15-5-3-6-16-31)55-52(57-53)32-17-7-4-8-18-32/h3-30H,1-2H3. The molecule has 8 aromatic carbocycles. The van der Waals surface area contributed by atoms with Gasteiger partial charge in [0.1, 0.15) is 11.2 Å². The van der Waals surface area contributed by atoms with Crippen molar-refractivity contribution in [3.63, 3.8) is 0 Å². The number of rotatable bonds is 4. The van der Waals surface area contributed by atoms with Crippen LogP contribution in [0.4, 0.5) is 0 Å². The Morgan fingerprint density at radius 2 is 1.15 bits per heavy atom. The average Bonchev–Trinajstić information content (AvgIpc) is 4.02. The van der Waals surface area contributed by atoms with Crippen molar-refractivity contribution in [2.24, 2.45) is 0 Å². The van der Waals surface area contributed by atoms with Gasteiger partial charge in [0.2, 0.25) is 0 Å². The van der Waals surface area contributed by atoms with Crippen LogP contribution in [0.3, 0.4) is 0 Å². The Hall–Kier alpha value is -7.41. The van der Waals surface area contributed by atoms with Crippen LogP contribution in [0.1, 0.15) is 25.0 Å². The average molecular weight is 787 g/mol. The van der Waals surface area contributed by atoms with E-state index < -0.39 is 0 Å². The first kappa shape index (κ1) is 33.6. The van der Waals surface area contributed by atoms with Gasteiger partial charge in [-0.3, -0.25) is 0 Å². The second kappa shape index (κ2) is 12.3. The van der Waals surface area contributed by atoms with E-state index in [4.69, 9.17) is 19.4 Å². The Morgan fingerprint density at radius 1 is 0.483 bits per heavy atom. The minimum absolute atomic E-state index is 0.153. The molecule has 0 atom stereocenters. The van der Waals surface area contributed by atoms with Gasteiger partial charge in [0.25, 0.3) is 0 Å². The molecule has 282 valence electrons. The van der Waals surface area contributed by atoms with E-state index in [1.54, 1.807) is 11.3 Å². The third-order valence-electron chi connectivity index (χ3n) is 12.6. The summed E-state index contributed by atoms with van der Waals surface area (Å²) in [6.07, 6.45) is 0. The summed E-state index contributed by atoms with van der Waals surface area (Å²) in [6.45, 7) is 4.71. The third-order valence-corrected chi connectivity index (χ3v) is 13.8. The van der Waals surface area contributed by atoms with Gasteiger partial charge >= 0.3 is 0 Å². The van der Waals surface area contributed by atoms with E-state index in [2.05, 4.69) is 146 Å². The number of nitrogens with zero attached hydrogens (tertiary/aromatic N) is 4. The van der Waals surface area contributed by atoms with Crippen LogP contribution in [0.5, 0.6) is 0 Å². The van der Waals surface area contributed by atoms with Crippen LogP contribution >= 0.6 is 11.3 Å². The number of aromatic nitrogens is 4. The molecular formula is C54H34N4OS. The molecule has 0 saturated heterocycles. The molecule has 13 rings (SSSR count). The highest BCUT2D eigenvalue weighted by molar-refractivity contribution is 7.26. The second-order valence-corrected chi connectivity index (χ2v) is 17.4. The van der Waals surface area contributed by atoms with Crippen LogP contribution in [0.25, 0.3) is 115 Å². The molecule has 1 aliphatic carbocycles. The first-order valence-electron chi connectivity index (χ1n) is 20.4. The molecule has 0 aliphatic heterocycles.